The van der Waals surface area contributed by atoms with Crippen molar-refractivity contribution in [1.82, 2.24) is 9.55 Å². The standard InChI is InChI=1S/C11H9BrF3N3/c12-10-2-1-7(3-9(10)11(13,14)15)18-6-17-5-8(18)4-16/h1-3,5-6H,4,16H2. The predicted molar refractivity (Wildman–Crippen MR) is 64.2 cm³/mol. The molecule has 7 heteroatoms. The summed E-state index contributed by atoms with van der Waals surface area (Å²) in [7, 11) is 0. The lowest BCUT2D eigenvalue weighted by Gasteiger charge is -2.12. The summed E-state index contributed by atoms with van der Waals surface area (Å²) >= 11 is 2.90. The molecule has 96 valence electrons. The van der Waals surface area contributed by atoms with Gasteiger partial charge in [0.15, 0.2) is 0 Å². The number of halogens is 4. The number of hydrogen-bond donors (Lipinski definition) is 1. The lowest BCUT2D eigenvalue weighted by Crippen LogP contribution is -2.09. The molecule has 0 unspecified atom stereocenters. The lowest BCUT2D eigenvalue weighted by molar-refractivity contribution is -0.138. The predicted octanol–water partition coefficient (Wildman–Crippen LogP) is 3.11. The number of nitrogens with zero attached hydrogens (tertiary/aromatic N) is 2. The van der Waals surface area contributed by atoms with E-state index >= 15 is 0 Å². The van der Waals surface area contributed by atoms with Gasteiger partial charge in [0.2, 0.25) is 0 Å². The van der Waals surface area contributed by atoms with E-state index in [1.165, 1.54) is 23.2 Å². The summed E-state index contributed by atoms with van der Waals surface area (Å²) in [4.78, 5) is 3.87. The third kappa shape index (κ3) is 2.41. The monoisotopic (exact) mass is 319 g/mol. The number of benzene rings is 1. The van der Waals surface area contributed by atoms with Crippen molar-refractivity contribution in [3.8, 4) is 5.69 Å². The van der Waals surface area contributed by atoms with Crippen LogP contribution in [0.4, 0.5) is 13.2 Å². The molecule has 0 radical (unpaired) electrons. The Morgan fingerprint density at radius 3 is 2.67 bits per heavy atom. The molecule has 0 saturated heterocycles. The van der Waals surface area contributed by atoms with Crippen LogP contribution in [0.1, 0.15) is 11.3 Å². The van der Waals surface area contributed by atoms with Crippen molar-refractivity contribution in [3.63, 3.8) is 0 Å². The fourth-order valence-corrected chi connectivity index (χ4v) is 2.06. The summed E-state index contributed by atoms with van der Waals surface area (Å²) in [6.07, 6.45) is -1.45. The highest BCUT2D eigenvalue weighted by Crippen LogP contribution is 2.36. The molecule has 2 rings (SSSR count). The van der Waals surface area contributed by atoms with Gasteiger partial charge in [0.1, 0.15) is 0 Å². The fraction of sp³-hybridized carbons (Fsp3) is 0.182. The molecule has 2 aromatic rings. The Bertz CT molecular complexity index is 563. The highest BCUT2D eigenvalue weighted by atomic mass is 79.9. The smallest absolute Gasteiger partial charge is 0.325 e. The zero-order valence-corrected chi connectivity index (χ0v) is 10.7. The third-order valence-corrected chi connectivity index (χ3v) is 3.15. The average molecular weight is 320 g/mol. The Labute approximate surface area is 110 Å². The van der Waals surface area contributed by atoms with Crippen LogP contribution in [0.2, 0.25) is 0 Å². The van der Waals surface area contributed by atoms with Crippen molar-refractivity contribution in [2.75, 3.05) is 0 Å². The maximum absolute atomic E-state index is 12.8. The highest BCUT2D eigenvalue weighted by Gasteiger charge is 2.33. The van der Waals surface area contributed by atoms with Crippen LogP contribution in [-0.4, -0.2) is 9.55 Å². The zero-order chi connectivity index (χ0) is 13.3. The summed E-state index contributed by atoms with van der Waals surface area (Å²) in [5.74, 6) is 0. The van der Waals surface area contributed by atoms with Gasteiger partial charge in [0.25, 0.3) is 0 Å². The van der Waals surface area contributed by atoms with E-state index in [0.29, 0.717) is 11.4 Å². The van der Waals surface area contributed by atoms with Gasteiger partial charge in [0.05, 0.1) is 17.6 Å². The van der Waals surface area contributed by atoms with Gasteiger partial charge in [0, 0.05) is 22.9 Å². The fourth-order valence-electron chi connectivity index (χ4n) is 1.59. The molecule has 0 spiro atoms. The van der Waals surface area contributed by atoms with Gasteiger partial charge in [-0.2, -0.15) is 13.2 Å². The van der Waals surface area contributed by atoms with E-state index in [9.17, 15) is 13.2 Å². The Morgan fingerprint density at radius 1 is 1.33 bits per heavy atom. The van der Waals surface area contributed by atoms with E-state index in [-0.39, 0.29) is 11.0 Å². The lowest BCUT2D eigenvalue weighted by atomic mass is 10.2. The minimum Gasteiger partial charge on any atom is -0.325 e. The molecular formula is C11H9BrF3N3. The first kappa shape index (κ1) is 13.1. The van der Waals surface area contributed by atoms with Gasteiger partial charge in [-0.1, -0.05) is 15.9 Å². The second-order valence-corrected chi connectivity index (χ2v) is 4.48. The number of rotatable bonds is 2. The molecule has 3 nitrogen and oxygen atoms in total. The second kappa shape index (κ2) is 4.74. The highest BCUT2D eigenvalue weighted by molar-refractivity contribution is 9.10. The van der Waals surface area contributed by atoms with Crippen LogP contribution in [-0.2, 0) is 12.7 Å². The molecule has 1 aromatic carbocycles. The number of hydrogen-bond acceptors (Lipinski definition) is 2. The molecule has 0 fully saturated rings. The van der Waals surface area contributed by atoms with Gasteiger partial charge < -0.3 is 10.3 Å². The van der Waals surface area contributed by atoms with Crippen molar-refractivity contribution in [1.29, 1.82) is 0 Å². The van der Waals surface area contributed by atoms with Crippen LogP contribution in [0.3, 0.4) is 0 Å². The SMILES string of the molecule is NCc1cncn1-c1ccc(Br)c(C(F)(F)F)c1. The van der Waals surface area contributed by atoms with Crippen LogP contribution >= 0.6 is 15.9 Å². The van der Waals surface area contributed by atoms with E-state index in [2.05, 4.69) is 20.9 Å². The summed E-state index contributed by atoms with van der Waals surface area (Å²) in [5, 5.41) is 0. The Morgan fingerprint density at radius 2 is 2.06 bits per heavy atom. The van der Waals surface area contributed by atoms with Gasteiger partial charge in [-0.25, -0.2) is 4.98 Å². The number of nitrogens with two attached hydrogens (primary N) is 1. The van der Waals surface area contributed by atoms with Crippen molar-refractivity contribution in [2.45, 2.75) is 12.7 Å². The van der Waals surface area contributed by atoms with Gasteiger partial charge in [-0.3, -0.25) is 0 Å². The molecule has 2 N–H and O–H groups in total. The summed E-state index contributed by atoms with van der Waals surface area (Å²) < 4.78 is 39.9. The number of imidazole rings is 1. The maximum atomic E-state index is 12.8. The first-order valence-corrected chi connectivity index (χ1v) is 5.81. The van der Waals surface area contributed by atoms with Crippen LogP contribution < -0.4 is 5.73 Å². The zero-order valence-electron chi connectivity index (χ0n) is 9.08. The molecule has 1 heterocycles. The molecule has 1 aromatic heterocycles. The number of aromatic nitrogens is 2. The van der Waals surface area contributed by atoms with E-state index < -0.39 is 11.7 Å². The molecule has 0 amide bonds. The first-order valence-electron chi connectivity index (χ1n) is 5.02. The van der Waals surface area contributed by atoms with Crippen LogP contribution in [0.15, 0.2) is 35.2 Å². The van der Waals surface area contributed by atoms with Gasteiger partial charge >= 0.3 is 6.18 Å². The molecule has 0 bridgehead atoms. The minimum atomic E-state index is -4.40. The van der Waals surface area contributed by atoms with E-state index in [0.717, 1.165) is 6.07 Å². The summed E-state index contributed by atoms with van der Waals surface area (Å²) in [6.45, 7) is 0.206. The Kier molecular flexibility index (Phi) is 3.45. The molecule has 0 aliphatic rings. The van der Waals surface area contributed by atoms with Crippen LogP contribution in [0.25, 0.3) is 5.69 Å². The Balaban J connectivity index is 2.54. The van der Waals surface area contributed by atoms with E-state index in [4.69, 9.17) is 5.73 Å². The average Bonchev–Trinajstić information content (AvgIpc) is 2.76. The molecule has 0 atom stereocenters. The topological polar surface area (TPSA) is 43.8 Å². The van der Waals surface area contributed by atoms with E-state index in [1.807, 2.05) is 0 Å². The maximum Gasteiger partial charge on any atom is 0.417 e. The van der Waals surface area contributed by atoms with Crippen molar-refractivity contribution >= 4 is 15.9 Å². The third-order valence-electron chi connectivity index (χ3n) is 2.46. The van der Waals surface area contributed by atoms with Crippen LogP contribution in [0.5, 0.6) is 0 Å². The second-order valence-electron chi connectivity index (χ2n) is 3.62. The van der Waals surface area contributed by atoms with E-state index in [1.54, 1.807) is 6.07 Å². The number of alkyl halides is 3. The van der Waals surface area contributed by atoms with Crippen molar-refractivity contribution < 1.29 is 13.2 Å². The molecular weight excluding hydrogens is 311 g/mol. The Hall–Kier alpha value is -1.34. The van der Waals surface area contributed by atoms with Gasteiger partial charge in [-0.15, -0.1) is 0 Å². The summed E-state index contributed by atoms with van der Waals surface area (Å²) in [5.41, 5.74) is 5.79. The minimum absolute atomic E-state index is 0.00756. The van der Waals surface area contributed by atoms with Crippen LogP contribution in [0, 0.1) is 0 Å². The van der Waals surface area contributed by atoms with Crippen molar-refractivity contribution in [3.05, 3.63) is 46.5 Å². The van der Waals surface area contributed by atoms with Crippen molar-refractivity contribution in [2.24, 2.45) is 5.73 Å². The first-order chi connectivity index (χ1) is 8.43. The molecule has 0 aliphatic heterocycles. The summed E-state index contributed by atoms with van der Waals surface area (Å²) in [6, 6.07) is 3.99. The quantitative estimate of drug-likeness (QED) is 0.924. The normalized spacial score (nSPS) is 11.8. The van der Waals surface area contributed by atoms with Gasteiger partial charge in [-0.05, 0) is 18.2 Å². The molecule has 0 saturated carbocycles. The molecule has 18 heavy (non-hydrogen) atoms. The largest absolute Gasteiger partial charge is 0.417 e. The molecule has 0 aliphatic carbocycles.